The maximum absolute atomic E-state index is 12.0. The van der Waals surface area contributed by atoms with Gasteiger partial charge in [-0.3, -0.25) is 0 Å². The third kappa shape index (κ3) is 15.0. The average Bonchev–Trinajstić information content (AvgIpc) is 3.05. The van der Waals surface area contributed by atoms with Gasteiger partial charge >= 0.3 is 5.97 Å². The highest BCUT2D eigenvalue weighted by Crippen LogP contribution is 2.30. The van der Waals surface area contributed by atoms with Gasteiger partial charge < -0.3 is 4.74 Å². The van der Waals surface area contributed by atoms with Crippen molar-refractivity contribution in [2.75, 3.05) is 13.2 Å². The number of rotatable bonds is 6. The van der Waals surface area contributed by atoms with Crippen molar-refractivity contribution >= 4 is 18.8 Å². The number of hydrogen-bond acceptors (Lipinski definition) is 4. The van der Waals surface area contributed by atoms with Gasteiger partial charge in [-0.25, -0.2) is 9.10 Å². The second kappa shape index (κ2) is 24.7. The molecule has 0 aromatic heterocycles. The SMILES string of the molecule is C=C.CC.CC.CCCCC.CCOC(=O)C1=CCN(S)[C@@H]1CC1=CCC=CC=C1C. The highest BCUT2D eigenvalue weighted by molar-refractivity contribution is 7.77. The molecule has 0 bridgehead atoms. The molecule has 0 aromatic rings. The Morgan fingerprint density at radius 2 is 1.71 bits per heavy atom. The van der Waals surface area contributed by atoms with Crippen LogP contribution in [0.15, 0.2) is 60.3 Å². The van der Waals surface area contributed by atoms with Crippen LogP contribution >= 0.6 is 12.8 Å². The van der Waals surface area contributed by atoms with E-state index in [4.69, 9.17) is 4.74 Å². The molecule has 4 heteroatoms. The molecule has 3 nitrogen and oxygen atoms in total. The summed E-state index contributed by atoms with van der Waals surface area (Å²) in [5, 5.41) is 0. The average molecular weight is 452 g/mol. The second-order valence-corrected chi connectivity index (χ2v) is 6.83. The van der Waals surface area contributed by atoms with Gasteiger partial charge in [-0.1, -0.05) is 104 Å². The maximum atomic E-state index is 12.0. The van der Waals surface area contributed by atoms with E-state index in [1.165, 1.54) is 30.4 Å². The van der Waals surface area contributed by atoms with Gasteiger partial charge in [0.2, 0.25) is 0 Å². The topological polar surface area (TPSA) is 29.5 Å². The second-order valence-electron chi connectivity index (χ2n) is 6.32. The Balaban J connectivity index is -0.000000607. The van der Waals surface area contributed by atoms with Crippen LogP contribution in [0.25, 0.3) is 0 Å². The van der Waals surface area contributed by atoms with Crippen LogP contribution in [-0.2, 0) is 9.53 Å². The van der Waals surface area contributed by atoms with E-state index in [2.05, 4.69) is 71.0 Å². The van der Waals surface area contributed by atoms with Crippen LogP contribution < -0.4 is 0 Å². The smallest absolute Gasteiger partial charge is 0.335 e. The van der Waals surface area contributed by atoms with E-state index in [-0.39, 0.29) is 12.0 Å². The molecule has 1 atom stereocenters. The van der Waals surface area contributed by atoms with Crippen molar-refractivity contribution in [2.24, 2.45) is 0 Å². The fourth-order valence-corrected chi connectivity index (χ4v) is 3.13. The Hall–Kier alpha value is -1.52. The first-order valence-corrected chi connectivity index (χ1v) is 12.3. The summed E-state index contributed by atoms with van der Waals surface area (Å²) in [6.45, 7) is 23.4. The summed E-state index contributed by atoms with van der Waals surface area (Å²) in [5.74, 6) is -0.219. The molecule has 1 heterocycles. The molecule has 0 amide bonds. The molecule has 0 fully saturated rings. The van der Waals surface area contributed by atoms with E-state index < -0.39 is 0 Å². The standard InChI is InChI=1S/C16H21NO2S.C5H12.2C2H6.C2H4/c1-3-19-16(18)14-9-10-17(20)15(14)11-13-8-6-4-5-7-12(13)2;1-3-5-4-2;3*1-2/h4-5,7-9,15,20H,3,6,10-11H2,1-2H3;3-5H2,1-2H3;2*1-2H3;1-2H2/t15-;;;;/m1..../s1. The van der Waals surface area contributed by atoms with E-state index >= 15 is 0 Å². The molecule has 2 rings (SSSR count). The van der Waals surface area contributed by atoms with Crippen LogP contribution in [0.3, 0.4) is 0 Å². The number of thiol groups is 1. The molecule has 1 aliphatic heterocycles. The van der Waals surface area contributed by atoms with Crippen LogP contribution in [0.2, 0.25) is 0 Å². The molecule has 0 aromatic carbocycles. The molecular weight excluding hydrogens is 402 g/mol. The number of ether oxygens (including phenoxy) is 1. The van der Waals surface area contributed by atoms with E-state index in [9.17, 15) is 4.79 Å². The van der Waals surface area contributed by atoms with Crippen molar-refractivity contribution in [1.82, 2.24) is 4.31 Å². The predicted octanol–water partition coefficient (Wildman–Crippen LogP) is 8.28. The number of carbonyl (C=O) groups excluding carboxylic acids is 1. The first-order valence-electron chi connectivity index (χ1n) is 11.9. The third-order valence-electron chi connectivity index (χ3n) is 4.34. The van der Waals surface area contributed by atoms with Crippen molar-refractivity contribution in [3.05, 3.63) is 60.3 Å². The minimum atomic E-state index is -0.219. The Labute approximate surface area is 199 Å². The molecule has 0 spiro atoms. The Kier molecular flexibility index (Phi) is 27.2. The Morgan fingerprint density at radius 3 is 2.19 bits per heavy atom. The molecule has 0 unspecified atom stereocenters. The van der Waals surface area contributed by atoms with Crippen molar-refractivity contribution in [2.45, 2.75) is 93.5 Å². The van der Waals surface area contributed by atoms with E-state index in [0.29, 0.717) is 13.2 Å². The highest BCUT2D eigenvalue weighted by atomic mass is 32.1. The zero-order valence-electron chi connectivity index (χ0n) is 21.5. The van der Waals surface area contributed by atoms with E-state index in [0.717, 1.165) is 18.4 Å². The number of carbonyl (C=O) groups is 1. The van der Waals surface area contributed by atoms with Gasteiger partial charge in [0.25, 0.3) is 0 Å². The first-order chi connectivity index (χ1) is 15.0. The molecule has 2 aliphatic rings. The highest BCUT2D eigenvalue weighted by Gasteiger charge is 2.31. The normalized spacial score (nSPS) is 16.7. The van der Waals surface area contributed by atoms with Crippen LogP contribution in [0.5, 0.6) is 0 Å². The van der Waals surface area contributed by atoms with E-state index in [1.54, 1.807) is 0 Å². The number of hydrogen-bond donors (Lipinski definition) is 1. The minimum Gasteiger partial charge on any atom is -0.463 e. The monoisotopic (exact) mass is 451 g/mol. The maximum Gasteiger partial charge on any atom is 0.335 e. The van der Waals surface area contributed by atoms with Gasteiger partial charge in [0.05, 0.1) is 18.2 Å². The zero-order valence-corrected chi connectivity index (χ0v) is 22.4. The summed E-state index contributed by atoms with van der Waals surface area (Å²) < 4.78 is 7.03. The Morgan fingerprint density at radius 1 is 1.13 bits per heavy atom. The molecule has 0 N–H and O–H groups in total. The molecule has 180 valence electrons. The van der Waals surface area contributed by atoms with Crippen molar-refractivity contribution in [1.29, 1.82) is 0 Å². The largest absolute Gasteiger partial charge is 0.463 e. The molecular formula is C27H49NO2S. The molecule has 0 saturated heterocycles. The van der Waals surface area contributed by atoms with Gasteiger partial charge in [0.15, 0.2) is 0 Å². The van der Waals surface area contributed by atoms with Crippen LogP contribution in [0, 0.1) is 0 Å². The fourth-order valence-electron chi connectivity index (χ4n) is 2.84. The summed E-state index contributed by atoms with van der Waals surface area (Å²) in [5.41, 5.74) is 3.25. The summed E-state index contributed by atoms with van der Waals surface area (Å²) in [7, 11) is 0. The summed E-state index contributed by atoms with van der Waals surface area (Å²) in [6.07, 6.45) is 16.3. The molecule has 0 radical (unpaired) electrons. The molecule has 0 saturated carbocycles. The number of nitrogens with zero attached hydrogens (tertiary/aromatic N) is 1. The fraction of sp³-hybridized carbons (Fsp3) is 0.593. The summed E-state index contributed by atoms with van der Waals surface area (Å²) >= 11 is 4.48. The lowest BCUT2D eigenvalue weighted by molar-refractivity contribution is -0.138. The third-order valence-corrected chi connectivity index (χ3v) is 4.78. The Bertz CT molecular complexity index is 560. The van der Waals surface area contributed by atoms with Gasteiger partial charge in [-0.2, -0.15) is 0 Å². The summed E-state index contributed by atoms with van der Waals surface area (Å²) in [4.78, 5) is 12.0. The first kappa shape index (κ1) is 34.1. The minimum absolute atomic E-state index is 0.00918. The zero-order chi connectivity index (χ0) is 24.7. The molecule has 1 aliphatic carbocycles. The van der Waals surface area contributed by atoms with Gasteiger partial charge in [0.1, 0.15) is 0 Å². The van der Waals surface area contributed by atoms with Crippen molar-refractivity contribution in [3.63, 3.8) is 0 Å². The van der Waals surface area contributed by atoms with Crippen LogP contribution in [0.4, 0.5) is 0 Å². The van der Waals surface area contributed by atoms with Gasteiger partial charge in [-0.15, -0.1) is 13.2 Å². The number of esters is 1. The summed E-state index contributed by atoms with van der Waals surface area (Å²) in [6, 6.07) is -0.00918. The predicted molar refractivity (Wildman–Crippen MR) is 144 cm³/mol. The number of allylic oxidation sites excluding steroid dienone is 5. The lowest BCUT2D eigenvalue weighted by Gasteiger charge is -2.23. The van der Waals surface area contributed by atoms with E-state index in [1.807, 2.05) is 45.0 Å². The lowest BCUT2D eigenvalue weighted by atomic mass is 9.95. The van der Waals surface area contributed by atoms with Crippen LogP contribution in [0.1, 0.15) is 87.5 Å². The number of unbranched alkanes of at least 4 members (excludes halogenated alkanes) is 2. The quantitative estimate of drug-likeness (QED) is 0.250. The lowest BCUT2D eigenvalue weighted by Crippen LogP contribution is -2.28. The van der Waals surface area contributed by atoms with Crippen molar-refractivity contribution < 1.29 is 9.53 Å². The van der Waals surface area contributed by atoms with Crippen LogP contribution in [-0.4, -0.2) is 29.5 Å². The van der Waals surface area contributed by atoms with Gasteiger partial charge in [0, 0.05) is 6.54 Å². The van der Waals surface area contributed by atoms with Gasteiger partial charge in [-0.05, 0) is 37.8 Å². The van der Waals surface area contributed by atoms with Crippen molar-refractivity contribution in [3.8, 4) is 0 Å². The molecule has 31 heavy (non-hydrogen) atoms.